The first-order valence-corrected chi connectivity index (χ1v) is 6.36. The number of urea groups is 1. The number of hydrogen-bond acceptors (Lipinski definition) is 5. The van der Waals surface area contributed by atoms with Gasteiger partial charge in [-0.05, 0) is 24.6 Å². The van der Waals surface area contributed by atoms with Crippen molar-refractivity contribution in [2.45, 2.75) is 13.5 Å². The van der Waals surface area contributed by atoms with Gasteiger partial charge >= 0.3 is 6.03 Å². The molecular formula is C14H17N5O2. The Bertz CT molecular complexity index is 628. The highest BCUT2D eigenvalue weighted by Crippen LogP contribution is 2.25. The van der Waals surface area contributed by atoms with Crippen molar-refractivity contribution in [1.29, 1.82) is 0 Å². The molecule has 4 N–H and O–H groups in total. The molecule has 0 atom stereocenters. The summed E-state index contributed by atoms with van der Waals surface area (Å²) < 4.78 is 5.20. The van der Waals surface area contributed by atoms with Crippen LogP contribution in [-0.4, -0.2) is 23.1 Å². The Morgan fingerprint density at radius 2 is 2.10 bits per heavy atom. The number of nitrogens with two attached hydrogens (primary N) is 1. The van der Waals surface area contributed by atoms with E-state index in [0.29, 0.717) is 29.5 Å². The average molecular weight is 287 g/mol. The number of hydrogen-bond donors (Lipinski definition) is 3. The van der Waals surface area contributed by atoms with Crippen LogP contribution in [-0.2, 0) is 6.54 Å². The number of carbonyl (C=O) groups excluding carboxylic acids is 1. The molecule has 2 rings (SSSR count). The minimum absolute atomic E-state index is 0.306. The van der Waals surface area contributed by atoms with Gasteiger partial charge in [0.05, 0.1) is 30.9 Å². The summed E-state index contributed by atoms with van der Waals surface area (Å²) in [6.07, 6.45) is 2.97. The standard InChI is InChI=1S/C14H17N5O2/c1-9-3-4-12(21-2)11(5-9)18-14(20)19-13-8-16-10(6-15)7-17-13/h3-5,7-8H,6,15H2,1-2H3,(H2,17,18,19,20). The van der Waals surface area contributed by atoms with Gasteiger partial charge in [-0.3, -0.25) is 10.3 Å². The van der Waals surface area contributed by atoms with Crippen molar-refractivity contribution in [3.8, 4) is 5.75 Å². The van der Waals surface area contributed by atoms with Crippen molar-refractivity contribution in [3.05, 3.63) is 41.9 Å². The minimum Gasteiger partial charge on any atom is -0.495 e. The molecule has 0 bridgehead atoms. The highest BCUT2D eigenvalue weighted by Gasteiger charge is 2.08. The lowest BCUT2D eigenvalue weighted by Crippen LogP contribution is -2.20. The molecule has 7 heteroatoms. The summed E-state index contributed by atoms with van der Waals surface area (Å²) in [4.78, 5) is 20.0. The van der Waals surface area contributed by atoms with E-state index in [-0.39, 0.29) is 0 Å². The number of carbonyl (C=O) groups is 1. The Labute approximate surface area is 122 Å². The molecule has 0 fully saturated rings. The zero-order valence-electron chi connectivity index (χ0n) is 11.9. The molecule has 2 aromatic rings. The molecule has 21 heavy (non-hydrogen) atoms. The van der Waals surface area contributed by atoms with Gasteiger partial charge in [0, 0.05) is 6.54 Å². The lowest BCUT2D eigenvalue weighted by molar-refractivity contribution is 0.262. The van der Waals surface area contributed by atoms with E-state index in [0.717, 1.165) is 5.56 Å². The van der Waals surface area contributed by atoms with E-state index in [2.05, 4.69) is 20.6 Å². The van der Waals surface area contributed by atoms with Crippen molar-refractivity contribution in [2.75, 3.05) is 17.7 Å². The molecule has 110 valence electrons. The normalized spacial score (nSPS) is 10.0. The van der Waals surface area contributed by atoms with Crippen LogP contribution in [0.5, 0.6) is 5.75 Å². The number of nitrogens with one attached hydrogen (secondary N) is 2. The highest BCUT2D eigenvalue weighted by atomic mass is 16.5. The van der Waals surface area contributed by atoms with E-state index in [9.17, 15) is 4.79 Å². The molecule has 0 unspecified atom stereocenters. The zero-order valence-corrected chi connectivity index (χ0v) is 11.9. The first kappa shape index (κ1) is 14.7. The summed E-state index contributed by atoms with van der Waals surface area (Å²) in [5.41, 5.74) is 7.68. The smallest absolute Gasteiger partial charge is 0.324 e. The number of aromatic nitrogens is 2. The molecule has 0 aliphatic rings. The second-order valence-electron chi connectivity index (χ2n) is 4.38. The molecular weight excluding hydrogens is 270 g/mol. The molecule has 0 radical (unpaired) electrons. The van der Waals surface area contributed by atoms with Gasteiger partial charge in [0.25, 0.3) is 0 Å². The minimum atomic E-state index is -0.423. The number of amides is 2. The molecule has 2 amide bonds. The molecule has 0 saturated heterocycles. The predicted octanol–water partition coefficient (Wildman–Crippen LogP) is 1.90. The fraction of sp³-hybridized carbons (Fsp3) is 0.214. The molecule has 1 aromatic carbocycles. The molecule has 0 spiro atoms. The van der Waals surface area contributed by atoms with E-state index >= 15 is 0 Å². The monoisotopic (exact) mass is 287 g/mol. The van der Waals surface area contributed by atoms with Crippen molar-refractivity contribution >= 4 is 17.5 Å². The number of nitrogens with zero attached hydrogens (tertiary/aromatic N) is 2. The van der Waals surface area contributed by atoms with Gasteiger partial charge in [-0.25, -0.2) is 9.78 Å². The largest absolute Gasteiger partial charge is 0.495 e. The highest BCUT2D eigenvalue weighted by molar-refractivity contribution is 6.00. The number of benzene rings is 1. The van der Waals surface area contributed by atoms with Crippen LogP contribution in [0.25, 0.3) is 0 Å². The lowest BCUT2D eigenvalue weighted by Gasteiger charge is -2.11. The topological polar surface area (TPSA) is 102 Å². The van der Waals surface area contributed by atoms with Gasteiger partial charge in [-0.1, -0.05) is 6.07 Å². The van der Waals surface area contributed by atoms with E-state index in [1.807, 2.05) is 19.1 Å². The SMILES string of the molecule is COc1ccc(C)cc1NC(=O)Nc1cnc(CN)cn1. The predicted molar refractivity (Wildman–Crippen MR) is 80.3 cm³/mol. The second-order valence-corrected chi connectivity index (χ2v) is 4.38. The summed E-state index contributed by atoms with van der Waals surface area (Å²) >= 11 is 0. The van der Waals surface area contributed by atoms with Crippen LogP contribution in [0, 0.1) is 6.92 Å². The van der Waals surface area contributed by atoms with Gasteiger partial charge in [0.15, 0.2) is 5.82 Å². The van der Waals surface area contributed by atoms with Crippen molar-refractivity contribution in [2.24, 2.45) is 5.73 Å². The average Bonchev–Trinajstić information content (AvgIpc) is 2.48. The van der Waals surface area contributed by atoms with Gasteiger partial charge in [0.1, 0.15) is 5.75 Å². The fourth-order valence-corrected chi connectivity index (χ4v) is 1.71. The Hall–Kier alpha value is -2.67. The second kappa shape index (κ2) is 6.67. The van der Waals surface area contributed by atoms with Gasteiger partial charge in [-0.15, -0.1) is 0 Å². The van der Waals surface area contributed by atoms with Crippen LogP contribution in [0.3, 0.4) is 0 Å². The summed E-state index contributed by atoms with van der Waals surface area (Å²) in [6, 6.07) is 5.09. The van der Waals surface area contributed by atoms with E-state index < -0.39 is 6.03 Å². The molecule has 1 heterocycles. The van der Waals surface area contributed by atoms with Gasteiger partial charge < -0.3 is 15.8 Å². The summed E-state index contributed by atoms with van der Waals surface area (Å²) in [5, 5.41) is 5.30. The van der Waals surface area contributed by atoms with Crippen LogP contribution >= 0.6 is 0 Å². The first-order valence-electron chi connectivity index (χ1n) is 6.36. The molecule has 7 nitrogen and oxygen atoms in total. The van der Waals surface area contributed by atoms with Crippen molar-refractivity contribution in [3.63, 3.8) is 0 Å². The third-order valence-electron chi connectivity index (χ3n) is 2.76. The van der Waals surface area contributed by atoms with Crippen molar-refractivity contribution < 1.29 is 9.53 Å². The number of ether oxygens (including phenoxy) is 1. The summed E-state index contributed by atoms with van der Waals surface area (Å²) in [7, 11) is 1.55. The number of methoxy groups -OCH3 is 1. The maximum Gasteiger partial charge on any atom is 0.324 e. The van der Waals surface area contributed by atoms with E-state index in [1.165, 1.54) is 12.4 Å². The summed E-state index contributed by atoms with van der Waals surface area (Å²) in [5.74, 6) is 0.927. The number of aryl methyl sites for hydroxylation is 1. The third-order valence-corrected chi connectivity index (χ3v) is 2.76. The Morgan fingerprint density at radius 3 is 2.71 bits per heavy atom. The Balaban J connectivity index is 2.05. The van der Waals surface area contributed by atoms with Crippen molar-refractivity contribution in [1.82, 2.24) is 9.97 Å². The fourth-order valence-electron chi connectivity index (χ4n) is 1.71. The first-order chi connectivity index (χ1) is 10.1. The van der Waals surface area contributed by atoms with Gasteiger partial charge in [-0.2, -0.15) is 0 Å². The quantitative estimate of drug-likeness (QED) is 0.797. The lowest BCUT2D eigenvalue weighted by atomic mass is 10.2. The van der Waals surface area contributed by atoms with Crippen LogP contribution in [0.4, 0.5) is 16.3 Å². The molecule has 0 aliphatic carbocycles. The summed E-state index contributed by atoms with van der Waals surface area (Å²) in [6.45, 7) is 2.24. The zero-order chi connectivity index (χ0) is 15.2. The third kappa shape index (κ3) is 3.90. The van der Waals surface area contributed by atoms with E-state index in [4.69, 9.17) is 10.5 Å². The molecule has 0 saturated carbocycles. The van der Waals surface area contributed by atoms with Crippen LogP contribution in [0.15, 0.2) is 30.6 Å². The van der Waals surface area contributed by atoms with Crippen LogP contribution < -0.4 is 21.1 Å². The number of rotatable bonds is 4. The maximum absolute atomic E-state index is 11.9. The maximum atomic E-state index is 11.9. The Morgan fingerprint density at radius 1 is 1.29 bits per heavy atom. The van der Waals surface area contributed by atoms with E-state index in [1.54, 1.807) is 13.2 Å². The van der Waals surface area contributed by atoms with Gasteiger partial charge in [0.2, 0.25) is 0 Å². The Kier molecular flexibility index (Phi) is 4.68. The molecule has 0 aliphatic heterocycles. The van der Waals surface area contributed by atoms with Crippen LogP contribution in [0.1, 0.15) is 11.3 Å². The molecule has 1 aromatic heterocycles. The van der Waals surface area contributed by atoms with Crippen LogP contribution in [0.2, 0.25) is 0 Å². The number of anilines is 2.